The van der Waals surface area contributed by atoms with Crippen LogP contribution in [0, 0.1) is 0 Å². The summed E-state index contributed by atoms with van der Waals surface area (Å²) in [5.74, 6) is 0.469. The molecule has 1 saturated heterocycles. The fourth-order valence-electron chi connectivity index (χ4n) is 2.96. The van der Waals surface area contributed by atoms with Gasteiger partial charge in [-0.2, -0.15) is 0 Å². The number of benzene rings is 1. The van der Waals surface area contributed by atoms with Gasteiger partial charge in [0.2, 0.25) is 0 Å². The molecule has 3 aromatic rings. The smallest absolute Gasteiger partial charge is 0.335 e. The van der Waals surface area contributed by atoms with E-state index in [1.807, 2.05) is 0 Å². The predicted molar refractivity (Wildman–Crippen MR) is 87.3 cm³/mol. The Hall–Kier alpha value is -2.41. The van der Waals surface area contributed by atoms with Gasteiger partial charge in [-0.3, -0.25) is 0 Å². The van der Waals surface area contributed by atoms with Gasteiger partial charge in [0.25, 0.3) is 0 Å². The Morgan fingerprint density at radius 1 is 1.35 bits per heavy atom. The van der Waals surface area contributed by atoms with Crippen LogP contribution in [-0.4, -0.2) is 34.1 Å². The summed E-state index contributed by atoms with van der Waals surface area (Å²) in [5.41, 5.74) is 1.16. The molecule has 0 atom stereocenters. The van der Waals surface area contributed by atoms with Gasteiger partial charge in [-0.15, -0.1) is 0 Å². The molecule has 0 aliphatic carbocycles. The van der Waals surface area contributed by atoms with Crippen LogP contribution < -0.4 is 4.90 Å². The van der Waals surface area contributed by atoms with Crippen molar-refractivity contribution < 1.29 is 14.3 Å². The number of fused-ring (bicyclic) bond motifs is 1. The van der Waals surface area contributed by atoms with Crippen molar-refractivity contribution >= 4 is 32.7 Å². The van der Waals surface area contributed by atoms with Gasteiger partial charge in [0.1, 0.15) is 5.76 Å². The Balaban J connectivity index is 1.52. The van der Waals surface area contributed by atoms with E-state index in [9.17, 15) is 4.79 Å². The van der Waals surface area contributed by atoms with Crippen LogP contribution in [0.5, 0.6) is 0 Å². The van der Waals surface area contributed by atoms with Gasteiger partial charge in [0.05, 0.1) is 22.0 Å². The molecular weight excluding hydrogens is 314 g/mol. The molecule has 0 radical (unpaired) electrons. The third kappa shape index (κ3) is 2.68. The lowest BCUT2D eigenvalue weighted by Crippen LogP contribution is -2.32. The number of carbonyl (C=O) groups is 1. The van der Waals surface area contributed by atoms with E-state index in [0.717, 1.165) is 47.0 Å². The van der Waals surface area contributed by atoms with Gasteiger partial charge < -0.3 is 14.4 Å². The van der Waals surface area contributed by atoms with Crippen LogP contribution in [0.15, 0.2) is 35.2 Å². The molecule has 0 amide bonds. The van der Waals surface area contributed by atoms with E-state index in [1.165, 1.54) is 6.39 Å². The highest BCUT2D eigenvalue weighted by Gasteiger charge is 2.24. The fourth-order valence-corrected chi connectivity index (χ4v) is 4.02. The van der Waals surface area contributed by atoms with Crippen LogP contribution in [-0.2, 0) is 0 Å². The number of aromatic nitrogens is 2. The number of anilines is 1. The second-order valence-corrected chi connectivity index (χ2v) is 6.66. The van der Waals surface area contributed by atoms with E-state index < -0.39 is 5.97 Å². The van der Waals surface area contributed by atoms with E-state index in [0.29, 0.717) is 11.5 Å². The minimum Gasteiger partial charge on any atom is -0.478 e. The zero-order valence-corrected chi connectivity index (χ0v) is 13.1. The summed E-state index contributed by atoms with van der Waals surface area (Å²) in [6, 6.07) is 5.07. The number of hydrogen-bond acceptors (Lipinski definition) is 6. The molecule has 1 aromatic carbocycles. The van der Waals surface area contributed by atoms with Crippen molar-refractivity contribution in [3.8, 4) is 0 Å². The number of oxazole rings is 1. The highest BCUT2D eigenvalue weighted by atomic mass is 32.1. The van der Waals surface area contributed by atoms with Gasteiger partial charge in [0.15, 0.2) is 11.5 Å². The zero-order chi connectivity index (χ0) is 15.8. The minimum atomic E-state index is -0.908. The summed E-state index contributed by atoms with van der Waals surface area (Å²) in [6.07, 6.45) is 5.29. The monoisotopic (exact) mass is 329 g/mol. The third-order valence-electron chi connectivity index (χ3n) is 4.24. The van der Waals surface area contributed by atoms with Crippen LogP contribution in [0.2, 0.25) is 0 Å². The Kier molecular flexibility index (Phi) is 3.49. The molecule has 1 aliphatic heterocycles. The summed E-state index contributed by atoms with van der Waals surface area (Å²) in [4.78, 5) is 22.0. The number of hydrogen-bond donors (Lipinski definition) is 1. The lowest BCUT2D eigenvalue weighted by molar-refractivity contribution is 0.0697. The SMILES string of the molecule is O=C(O)c1ccc2nc(N3CCC(c4cnco4)CC3)sc2c1. The normalized spacial score (nSPS) is 16.1. The Morgan fingerprint density at radius 3 is 2.87 bits per heavy atom. The predicted octanol–water partition coefficient (Wildman–Crippen LogP) is 3.37. The maximum absolute atomic E-state index is 11.1. The number of aromatic carboxylic acids is 1. The average molecular weight is 329 g/mol. The van der Waals surface area contributed by atoms with Crippen molar-refractivity contribution in [1.29, 1.82) is 0 Å². The zero-order valence-electron chi connectivity index (χ0n) is 12.3. The number of rotatable bonds is 3. The van der Waals surface area contributed by atoms with Gasteiger partial charge in [-0.25, -0.2) is 14.8 Å². The molecule has 1 N–H and O–H groups in total. The van der Waals surface area contributed by atoms with Gasteiger partial charge >= 0.3 is 5.97 Å². The van der Waals surface area contributed by atoms with Crippen molar-refractivity contribution in [2.24, 2.45) is 0 Å². The summed E-state index contributed by atoms with van der Waals surface area (Å²) in [7, 11) is 0. The molecule has 0 saturated carbocycles. The van der Waals surface area contributed by atoms with Crippen LogP contribution in [0.25, 0.3) is 10.2 Å². The first-order valence-electron chi connectivity index (χ1n) is 7.48. The van der Waals surface area contributed by atoms with Gasteiger partial charge in [0, 0.05) is 19.0 Å². The largest absolute Gasteiger partial charge is 0.478 e. The number of carboxylic acids is 1. The van der Waals surface area contributed by atoms with Crippen molar-refractivity contribution in [2.75, 3.05) is 18.0 Å². The molecule has 4 rings (SSSR count). The van der Waals surface area contributed by atoms with Crippen molar-refractivity contribution in [2.45, 2.75) is 18.8 Å². The molecule has 7 heteroatoms. The van der Waals surface area contributed by atoms with Gasteiger partial charge in [-0.05, 0) is 31.0 Å². The maximum atomic E-state index is 11.1. The molecule has 1 fully saturated rings. The van der Waals surface area contributed by atoms with E-state index in [-0.39, 0.29) is 0 Å². The van der Waals surface area contributed by atoms with Gasteiger partial charge in [-0.1, -0.05) is 11.3 Å². The second-order valence-electron chi connectivity index (χ2n) is 5.65. The molecule has 3 heterocycles. The van der Waals surface area contributed by atoms with Crippen molar-refractivity contribution in [3.63, 3.8) is 0 Å². The van der Waals surface area contributed by atoms with Crippen LogP contribution in [0.3, 0.4) is 0 Å². The minimum absolute atomic E-state index is 0.303. The topological polar surface area (TPSA) is 79.5 Å². The summed E-state index contributed by atoms with van der Waals surface area (Å²) in [5, 5.41) is 10.0. The number of thiazole rings is 1. The lowest BCUT2D eigenvalue weighted by Gasteiger charge is -2.30. The quantitative estimate of drug-likeness (QED) is 0.793. The van der Waals surface area contributed by atoms with Crippen molar-refractivity contribution in [1.82, 2.24) is 9.97 Å². The highest BCUT2D eigenvalue weighted by Crippen LogP contribution is 2.34. The Bertz CT molecular complexity index is 836. The first kappa shape index (κ1) is 14.2. The maximum Gasteiger partial charge on any atom is 0.335 e. The van der Waals surface area contributed by atoms with E-state index in [2.05, 4.69) is 14.9 Å². The molecular formula is C16H15N3O3S. The van der Waals surface area contributed by atoms with E-state index in [1.54, 1.807) is 35.7 Å². The Morgan fingerprint density at radius 2 is 2.17 bits per heavy atom. The molecule has 0 spiro atoms. The van der Waals surface area contributed by atoms with E-state index >= 15 is 0 Å². The molecule has 2 aromatic heterocycles. The highest BCUT2D eigenvalue weighted by molar-refractivity contribution is 7.22. The second kappa shape index (κ2) is 5.66. The molecule has 0 unspecified atom stereocenters. The van der Waals surface area contributed by atoms with Crippen LogP contribution in [0.4, 0.5) is 5.13 Å². The van der Waals surface area contributed by atoms with Crippen LogP contribution >= 0.6 is 11.3 Å². The molecule has 1 aliphatic rings. The molecule has 0 bridgehead atoms. The summed E-state index contributed by atoms with van der Waals surface area (Å²) >= 11 is 1.55. The van der Waals surface area contributed by atoms with E-state index in [4.69, 9.17) is 9.52 Å². The first-order valence-corrected chi connectivity index (χ1v) is 8.29. The number of nitrogens with zero attached hydrogens (tertiary/aromatic N) is 3. The molecule has 6 nitrogen and oxygen atoms in total. The number of carboxylic acid groups (broad SMARTS) is 1. The van der Waals surface area contributed by atoms with Crippen LogP contribution in [0.1, 0.15) is 34.9 Å². The molecule has 118 valence electrons. The van der Waals surface area contributed by atoms with Crippen molar-refractivity contribution in [3.05, 3.63) is 42.1 Å². The summed E-state index contributed by atoms with van der Waals surface area (Å²) < 4.78 is 6.31. The lowest BCUT2D eigenvalue weighted by atomic mass is 9.95. The Labute approximate surface area is 136 Å². The number of piperidine rings is 1. The third-order valence-corrected chi connectivity index (χ3v) is 5.32. The average Bonchev–Trinajstić information content (AvgIpc) is 3.23. The standard InChI is InChI=1S/C16H15N3O3S/c20-15(21)11-1-2-12-14(7-11)23-16(18-12)19-5-3-10(4-6-19)13-8-17-9-22-13/h1-2,7-10H,3-6H2,(H,20,21). The molecule has 23 heavy (non-hydrogen) atoms. The first-order chi connectivity index (χ1) is 11.2. The fraction of sp³-hybridized carbons (Fsp3) is 0.312. The summed E-state index contributed by atoms with van der Waals surface area (Å²) in [6.45, 7) is 1.83.